The van der Waals surface area contributed by atoms with Crippen molar-refractivity contribution < 1.29 is 18.7 Å². The number of fused-ring (bicyclic) bond motifs is 1. The number of halogens is 2. The summed E-state index contributed by atoms with van der Waals surface area (Å²) in [5.41, 5.74) is 3.87. The van der Waals surface area contributed by atoms with Crippen LogP contribution >= 0.6 is 0 Å². The van der Waals surface area contributed by atoms with Gasteiger partial charge in [0.1, 0.15) is 11.6 Å². The van der Waals surface area contributed by atoms with E-state index in [2.05, 4.69) is 33.0 Å². The number of nitrogens with one attached hydrogen (secondary N) is 2. The largest absolute Gasteiger partial charge is 0.390 e. The normalized spacial score (nSPS) is 15.3. The number of rotatable bonds is 12. The summed E-state index contributed by atoms with van der Waals surface area (Å²) in [5.74, 6) is 0.818. The van der Waals surface area contributed by atoms with Crippen LogP contribution in [0, 0.1) is 24.0 Å². The van der Waals surface area contributed by atoms with Crippen LogP contribution < -0.4 is 10.6 Å². The third kappa shape index (κ3) is 6.64. The molecule has 3 N–H and O–H groups in total. The Bertz CT molecular complexity index is 1570. The third-order valence-electron chi connectivity index (χ3n) is 7.78. The summed E-state index contributed by atoms with van der Waals surface area (Å²) in [4.78, 5) is 17.8. The van der Waals surface area contributed by atoms with Gasteiger partial charge in [0.2, 0.25) is 0 Å². The second kappa shape index (κ2) is 12.2. The Morgan fingerprint density at radius 3 is 2.63 bits per heavy atom. The fourth-order valence-corrected chi connectivity index (χ4v) is 5.27. The second-order valence-corrected chi connectivity index (χ2v) is 10.8. The van der Waals surface area contributed by atoms with Crippen LogP contribution in [0.25, 0.3) is 11.0 Å². The Balaban J connectivity index is 1.34. The first kappa shape index (κ1) is 28.5. The molecule has 0 saturated heterocycles. The predicted molar refractivity (Wildman–Crippen MR) is 155 cm³/mol. The van der Waals surface area contributed by atoms with Crippen molar-refractivity contribution in [2.45, 2.75) is 63.3 Å². The Kier molecular flexibility index (Phi) is 8.48. The van der Waals surface area contributed by atoms with E-state index in [0.717, 1.165) is 54.9 Å². The fraction of sp³-hybridized carbons (Fsp3) is 0.333. The molecular formula is C33H34F2N4O2. The van der Waals surface area contributed by atoms with E-state index >= 15 is 0 Å². The van der Waals surface area contributed by atoms with Crippen molar-refractivity contribution in [3.8, 4) is 12.3 Å². The van der Waals surface area contributed by atoms with Crippen molar-refractivity contribution in [1.29, 1.82) is 0 Å². The van der Waals surface area contributed by atoms with E-state index in [1.807, 2.05) is 30.3 Å². The van der Waals surface area contributed by atoms with Crippen molar-refractivity contribution in [2.75, 3.05) is 6.54 Å². The molecule has 0 bridgehead atoms. The van der Waals surface area contributed by atoms with Gasteiger partial charge in [-0.15, -0.1) is 6.42 Å². The molecule has 2 unspecified atom stereocenters. The standard InChI is InChI=1S/C33H34F2N4O2/c1-3-5-13-39-21-36-28-18-24(9-10-30(28)39)32(41)38-29(17-23-15-26(34)19-27(35)16-23)31(40)20-37-33(11-12-33)25-8-6-7-22(4-2)14-25/h2,6-10,14-16,18-19,21,29,31,37,40H,3,5,11-13,17,20H2,1H3,(H,38,41). The van der Waals surface area contributed by atoms with Crippen LogP contribution in [-0.4, -0.2) is 39.3 Å². The molecular weight excluding hydrogens is 522 g/mol. The molecule has 0 aliphatic heterocycles. The van der Waals surface area contributed by atoms with Gasteiger partial charge in [0.25, 0.3) is 5.91 Å². The minimum absolute atomic E-state index is 0.0384. The summed E-state index contributed by atoms with van der Waals surface area (Å²) in [6.07, 6.45) is 10.2. The van der Waals surface area contributed by atoms with E-state index in [0.29, 0.717) is 16.6 Å². The summed E-state index contributed by atoms with van der Waals surface area (Å²) in [6.45, 7) is 3.13. The number of aromatic nitrogens is 2. The zero-order valence-electron chi connectivity index (χ0n) is 23.0. The number of carbonyl (C=O) groups is 1. The van der Waals surface area contributed by atoms with E-state index in [-0.39, 0.29) is 18.5 Å². The molecule has 5 rings (SSSR count). The van der Waals surface area contributed by atoms with E-state index < -0.39 is 29.7 Å². The van der Waals surface area contributed by atoms with E-state index in [1.54, 1.807) is 18.5 Å². The Morgan fingerprint density at radius 1 is 1.15 bits per heavy atom. The van der Waals surface area contributed by atoms with Crippen LogP contribution in [-0.2, 0) is 18.5 Å². The number of hydrogen-bond donors (Lipinski definition) is 3. The molecule has 41 heavy (non-hydrogen) atoms. The number of aliphatic hydroxyl groups is 1. The molecule has 3 aromatic carbocycles. The highest BCUT2D eigenvalue weighted by atomic mass is 19.1. The third-order valence-corrected chi connectivity index (χ3v) is 7.78. The lowest BCUT2D eigenvalue weighted by Gasteiger charge is -2.27. The maximum Gasteiger partial charge on any atom is 0.251 e. The molecule has 0 spiro atoms. The Labute approximate surface area is 238 Å². The van der Waals surface area contributed by atoms with E-state index in [1.165, 1.54) is 12.1 Å². The zero-order chi connectivity index (χ0) is 29.0. The first-order valence-electron chi connectivity index (χ1n) is 14.0. The van der Waals surface area contributed by atoms with Crippen molar-refractivity contribution in [1.82, 2.24) is 20.2 Å². The lowest BCUT2D eigenvalue weighted by atomic mass is 9.98. The maximum atomic E-state index is 14.0. The summed E-state index contributed by atoms with van der Waals surface area (Å²) >= 11 is 0. The predicted octanol–water partition coefficient (Wildman–Crippen LogP) is 5.08. The number of amides is 1. The number of imidazole rings is 1. The van der Waals surface area contributed by atoms with Crippen molar-refractivity contribution in [3.63, 3.8) is 0 Å². The SMILES string of the molecule is C#Cc1cccc(C2(NCC(O)C(Cc3cc(F)cc(F)c3)NC(=O)c3ccc4c(c3)ncn4CCCC)CC2)c1. The minimum Gasteiger partial charge on any atom is -0.390 e. The molecule has 1 aromatic heterocycles. The van der Waals surface area contributed by atoms with Gasteiger partial charge >= 0.3 is 0 Å². The fourth-order valence-electron chi connectivity index (χ4n) is 5.27. The molecule has 1 amide bonds. The molecule has 212 valence electrons. The van der Waals surface area contributed by atoms with Crippen LogP contribution in [0.1, 0.15) is 59.7 Å². The number of aryl methyl sites for hydroxylation is 1. The van der Waals surface area contributed by atoms with Gasteiger partial charge in [0.05, 0.1) is 29.5 Å². The van der Waals surface area contributed by atoms with E-state index in [4.69, 9.17) is 6.42 Å². The molecule has 1 fully saturated rings. The zero-order valence-corrected chi connectivity index (χ0v) is 23.0. The lowest BCUT2D eigenvalue weighted by molar-refractivity contribution is 0.0822. The first-order chi connectivity index (χ1) is 19.8. The molecule has 1 saturated carbocycles. The monoisotopic (exact) mass is 556 g/mol. The van der Waals surface area contributed by atoms with Crippen LogP contribution in [0.2, 0.25) is 0 Å². The van der Waals surface area contributed by atoms with Crippen molar-refractivity contribution in [3.05, 3.63) is 101 Å². The maximum absolute atomic E-state index is 14.0. The molecule has 1 aliphatic carbocycles. The highest BCUT2D eigenvalue weighted by Gasteiger charge is 2.44. The van der Waals surface area contributed by atoms with Gasteiger partial charge < -0.3 is 20.3 Å². The minimum atomic E-state index is -1.05. The van der Waals surface area contributed by atoms with Crippen LogP contribution in [0.15, 0.2) is 67.0 Å². The van der Waals surface area contributed by atoms with Crippen molar-refractivity contribution in [2.24, 2.45) is 0 Å². The molecule has 1 heterocycles. The molecule has 8 heteroatoms. The van der Waals surface area contributed by atoms with Gasteiger partial charge in [0.15, 0.2) is 0 Å². The van der Waals surface area contributed by atoms with Crippen LogP contribution in [0.4, 0.5) is 8.78 Å². The van der Waals surface area contributed by atoms with Gasteiger partial charge in [0, 0.05) is 35.8 Å². The second-order valence-electron chi connectivity index (χ2n) is 10.8. The summed E-state index contributed by atoms with van der Waals surface area (Å²) in [7, 11) is 0. The summed E-state index contributed by atoms with van der Waals surface area (Å²) < 4.78 is 30.0. The molecule has 6 nitrogen and oxygen atoms in total. The molecule has 0 radical (unpaired) electrons. The average molecular weight is 557 g/mol. The highest BCUT2D eigenvalue weighted by molar-refractivity contribution is 5.97. The van der Waals surface area contributed by atoms with Gasteiger partial charge in [-0.2, -0.15) is 0 Å². The number of terminal acetylenes is 1. The number of nitrogens with zero attached hydrogens (tertiary/aromatic N) is 2. The lowest BCUT2D eigenvalue weighted by Crippen LogP contribution is -2.50. The number of benzene rings is 3. The van der Waals surface area contributed by atoms with E-state index in [9.17, 15) is 18.7 Å². The first-order valence-corrected chi connectivity index (χ1v) is 14.0. The average Bonchev–Trinajstić information content (AvgIpc) is 3.66. The Hall–Kier alpha value is -4.06. The molecule has 1 aliphatic rings. The Morgan fingerprint density at radius 2 is 1.93 bits per heavy atom. The van der Waals surface area contributed by atoms with Crippen LogP contribution in [0.3, 0.4) is 0 Å². The van der Waals surface area contributed by atoms with Crippen LogP contribution in [0.5, 0.6) is 0 Å². The van der Waals surface area contributed by atoms with Gasteiger partial charge in [-0.1, -0.05) is 31.4 Å². The van der Waals surface area contributed by atoms with Gasteiger partial charge in [-0.3, -0.25) is 4.79 Å². The summed E-state index contributed by atoms with van der Waals surface area (Å²) in [5, 5.41) is 17.6. The number of hydrogen-bond acceptors (Lipinski definition) is 4. The molecule has 2 atom stereocenters. The van der Waals surface area contributed by atoms with Crippen molar-refractivity contribution >= 4 is 16.9 Å². The number of aliphatic hydroxyl groups excluding tert-OH is 1. The van der Waals surface area contributed by atoms with Gasteiger partial charge in [-0.05, 0) is 79.3 Å². The number of unbranched alkanes of at least 4 members (excludes halogenated alkanes) is 1. The highest BCUT2D eigenvalue weighted by Crippen LogP contribution is 2.45. The quantitative estimate of drug-likeness (QED) is 0.213. The smallest absolute Gasteiger partial charge is 0.251 e. The number of carbonyl (C=O) groups excluding carboxylic acids is 1. The summed E-state index contributed by atoms with van der Waals surface area (Å²) in [6, 6.07) is 15.4. The van der Waals surface area contributed by atoms with Gasteiger partial charge in [-0.25, -0.2) is 13.8 Å². The topological polar surface area (TPSA) is 79.2 Å². The molecule has 4 aromatic rings.